The zero-order valence-corrected chi connectivity index (χ0v) is 6.63. The van der Waals surface area contributed by atoms with E-state index >= 15 is 0 Å². The monoisotopic (exact) mass is 149 g/mol. The molecule has 0 aromatic carbocycles. The molecule has 0 saturated heterocycles. The molecule has 2 heteroatoms. The zero-order chi connectivity index (χ0) is 7.68. The van der Waals surface area contributed by atoms with Crippen LogP contribution in [0.1, 0.15) is 17.5 Å². The van der Waals surface area contributed by atoms with Crippen LogP contribution in [0.5, 0.6) is 5.88 Å². The molecule has 0 bridgehead atoms. The van der Waals surface area contributed by atoms with Gasteiger partial charge in [0.05, 0.1) is 6.61 Å². The summed E-state index contributed by atoms with van der Waals surface area (Å²) >= 11 is 0. The summed E-state index contributed by atoms with van der Waals surface area (Å²) in [6.07, 6.45) is 4.05. The third-order valence-corrected chi connectivity index (χ3v) is 2.06. The lowest BCUT2D eigenvalue weighted by molar-refractivity contribution is 0.275. The van der Waals surface area contributed by atoms with Gasteiger partial charge in [0.1, 0.15) is 0 Å². The second kappa shape index (κ2) is 2.53. The molecule has 2 rings (SSSR count). The van der Waals surface area contributed by atoms with Crippen LogP contribution in [0.3, 0.4) is 0 Å². The Bertz CT molecular complexity index is 270. The minimum absolute atomic E-state index is 0.823. The minimum atomic E-state index is 0.823. The van der Waals surface area contributed by atoms with E-state index in [2.05, 4.69) is 11.9 Å². The summed E-state index contributed by atoms with van der Waals surface area (Å²) in [6, 6.07) is 2.04. The molecule has 1 aliphatic rings. The van der Waals surface area contributed by atoms with E-state index in [1.165, 1.54) is 11.1 Å². The van der Waals surface area contributed by atoms with Crippen molar-refractivity contribution in [1.29, 1.82) is 0 Å². The van der Waals surface area contributed by atoms with Gasteiger partial charge in [0.15, 0.2) is 0 Å². The van der Waals surface area contributed by atoms with Crippen LogP contribution in [0.15, 0.2) is 12.3 Å². The van der Waals surface area contributed by atoms with Crippen molar-refractivity contribution in [3.8, 4) is 5.88 Å². The van der Waals surface area contributed by atoms with Crippen LogP contribution in [0, 0.1) is 6.92 Å². The van der Waals surface area contributed by atoms with Crippen molar-refractivity contribution in [2.45, 2.75) is 19.8 Å². The lowest BCUT2D eigenvalue weighted by Crippen LogP contribution is -2.10. The molecule has 0 amide bonds. The molecule has 0 spiro atoms. The van der Waals surface area contributed by atoms with Gasteiger partial charge in [0.2, 0.25) is 5.88 Å². The number of hydrogen-bond donors (Lipinski definition) is 0. The smallest absolute Gasteiger partial charge is 0.216 e. The molecule has 0 unspecified atom stereocenters. The normalized spacial score (nSPS) is 15.4. The van der Waals surface area contributed by atoms with Crippen LogP contribution in [-0.2, 0) is 6.42 Å². The molecule has 0 N–H and O–H groups in total. The SMILES string of the molecule is Cc1ccnc2c1CCCO2. The van der Waals surface area contributed by atoms with Crippen LogP contribution in [0.2, 0.25) is 0 Å². The van der Waals surface area contributed by atoms with Gasteiger partial charge in [0.25, 0.3) is 0 Å². The molecule has 58 valence electrons. The van der Waals surface area contributed by atoms with E-state index in [9.17, 15) is 0 Å². The third kappa shape index (κ3) is 1.09. The summed E-state index contributed by atoms with van der Waals surface area (Å²) in [5.41, 5.74) is 2.59. The van der Waals surface area contributed by atoms with E-state index in [1.807, 2.05) is 6.07 Å². The number of rotatable bonds is 0. The topological polar surface area (TPSA) is 22.1 Å². The highest BCUT2D eigenvalue weighted by atomic mass is 16.5. The third-order valence-electron chi connectivity index (χ3n) is 2.06. The van der Waals surface area contributed by atoms with E-state index in [0.717, 1.165) is 25.3 Å². The maximum atomic E-state index is 5.39. The Balaban J connectivity index is 2.49. The molecule has 1 aromatic heterocycles. The van der Waals surface area contributed by atoms with Crippen molar-refractivity contribution < 1.29 is 4.74 Å². The van der Waals surface area contributed by atoms with Gasteiger partial charge in [-0.3, -0.25) is 0 Å². The zero-order valence-electron chi connectivity index (χ0n) is 6.63. The fourth-order valence-electron chi connectivity index (χ4n) is 1.41. The summed E-state index contributed by atoms with van der Waals surface area (Å²) < 4.78 is 5.39. The molecule has 11 heavy (non-hydrogen) atoms. The van der Waals surface area contributed by atoms with Crippen molar-refractivity contribution in [3.63, 3.8) is 0 Å². The van der Waals surface area contributed by atoms with Gasteiger partial charge < -0.3 is 4.74 Å². The summed E-state index contributed by atoms with van der Waals surface area (Å²) in [6.45, 7) is 2.93. The number of hydrogen-bond acceptors (Lipinski definition) is 2. The largest absolute Gasteiger partial charge is 0.477 e. The standard InChI is InChI=1S/C9H11NO/c1-7-4-5-10-9-8(7)3-2-6-11-9/h4-5H,2-3,6H2,1H3. The van der Waals surface area contributed by atoms with Gasteiger partial charge in [-0.1, -0.05) is 0 Å². The van der Waals surface area contributed by atoms with Gasteiger partial charge in [-0.05, 0) is 31.4 Å². The molecule has 0 radical (unpaired) electrons. The van der Waals surface area contributed by atoms with Gasteiger partial charge in [0, 0.05) is 11.8 Å². The lowest BCUT2D eigenvalue weighted by atomic mass is 10.1. The van der Waals surface area contributed by atoms with Crippen molar-refractivity contribution in [3.05, 3.63) is 23.4 Å². The lowest BCUT2D eigenvalue weighted by Gasteiger charge is -2.16. The molecule has 1 aromatic rings. The Morgan fingerprint density at radius 2 is 2.45 bits per heavy atom. The van der Waals surface area contributed by atoms with Crippen LogP contribution in [0.4, 0.5) is 0 Å². The molecule has 2 heterocycles. The molecule has 2 nitrogen and oxygen atoms in total. The maximum Gasteiger partial charge on any atom is 0.216 e. The molecule has 0 fully saturated rings. The summed E-state index contributed by atoms with van der Waals surface area (Å²) in [5.74, 6) is 0.844. The predicted molar refractivity (Wildman–Crippen MR) is 42.8 cm³/mol. The van der Waals surface area contributed by atoms with E-state index in [1.54, 1.807) is 6.20 Å². The highest BCUT2D eigenvalue weighted by Gasteiger charge is 2.12. The number of ether oxygens (including phenoxy) is 1. The van der Waals surface area contributed by atoms with Crippen molar-refractivity contribution >= 4 is 0 Å². The van der Waals surface area contributed by atoms with E-state index in [-0.39, 0.29) is 0 Å². The Kier molecular flexibility index (Phi) is 1.53. The second-order valence-corrected chi connectivity index (χ2v) is 2.86. The number of fused-ring (bicyclic) bond motifs is 1. The van der Waals surface area contributed by atoms with Crippen molar-refractivity contribution in [2.24, 2.45) is 0 Å². The highest BCUT2D eigenvalue weighted by molar-refractivity contribution is 5.34. The second-order valence-electron chi connectivity index (χ2n) is 2.86. The average Bonchev–Trinajstić information content (AvgIpc) is 2.06. The van der Waals surface area contributed by atoms with E-state index in [0.29, 0.717) is 0 Å². The maximum absolute atomic E-state index is 5.39. The van der Waals surface area contributed by atoms with E-state index < -0.39 is 0 Å². The molecular formula is C9H11NO. The Morgan fingerprint density at radius 3 is 3.27 bits per heavy atom. The first-order chi connectivity index (χ1) is 5.38. The first-order valence-corrected chi connectivity index (χ1v) is 3.95. The number of pyridine rings is 1. The Morgan fingerprint density at radius 1 is 1.55 bits per heavy atom. The number of aryl methyl sites for hydroxylation is 1. The van der Waals surface area contributed by atoms with Gasteiger partial charge in [-0.25, -0.2) is 4.98 Å². The van der Waals surface area contributed by atoms with Gasteiger partial charge >= 0.3 is 0 Å². The summed E-state index contributed by atoms with van der Waals surface area (Å²) in [4.78, 5) is 4.16. The van der Waals surface area contributed by atoms with Gasteiger partial charge in [-0.15, -0.1) is 0 Å². The van der Waals surface area contributed by atoms with Crippen molar-refractivity contribution in [1.82, 2.24) is 4.98 Å². The molecule has 1 aliphatic heterocycles. The fourth-order valence-corrected chi connectivity index (χ4v) is 1.41. The average molecular weight is 149 g/mol. The number of aromatic nitrogens is 1. The quantitative estimate of drug-likeness (QED) is 0.560. The highest BCUT2D eigenvalue weighted by Crippen LogP contribution is 2.23. The first kappa shape index (κ1) is 6.65. The summed E-state index contributed by atoms with van der Waals surface area (Å²) in [7, 11) is 0. The Hall–Kier alpha value is -1.05. The van der Waals surface area contributed by atoms with Crippen LogP contribution in [0.25, 0.3) is 0 Å². The van der Waals surface area contributed by atoms with Gasteiger partial charge in [-0.2, -0.15) is 0 Å². The van der Waals surface area contributed by atoms with Crippen LogP contribution >= 0.6 is 0 Å². The minimum Gasteiger partial charge on any atom is -0.477 e. The molecule has 0 atom stereocenters. The van der Waals surface area contributed by atoms with Crippen LogP contribution in [-0.4, -0.2) is 11.6 Å². The molecule has 0 saturated carbocycles. The van der Waals surface area contributed by atoms with Crippen molar-refractivity contribution in [2.75, 3.05) is 6.61 Å². The first-order valence-electron chi connectivity index (χ1n) is 3.95. The number of nitrogens with zero attached hydrogens (tertiary/aromatic N) is 1. The predicted octanol–water partition coefficient (Wildman–Crippen LogP) is 1.72. The fraction of sp³-hybridized carbons (Fsp3) is 0.444. The summed E-state index contributed by atoms with van der Waals surface area (Å²) in [5, 5.41) is 0. The Labute approximate surface area is 66.2 Å². The van der Waals surface area contributed by atoms with E-state index in [4.69, 9.17) is 4.74 Å². The van der Waals surface area contributed by atoms with Crippen LogP contribution < -0.4 is 4.74 Å². The molecular weight excluding hydrogens is 138 g/mol. The molecule has 0 aliphatic carbocycles.